The van der Waals surface area contributed by atoms with E-state index in [0.29, 0.717) is 11.0 Å². The van der Waals surface area contributed by atoms with Crippen LogP contribution in [0.3, 0.4) is 0 Å². The molecule has 3 nitrogen and oxygen atoms in total. The quantitative estimate of drug-likeness (QED) is 0.810. The number of halogens is 4. The first-order valence-electron chi connectivity index (χ1n) is 7.25. The van der Waals surface area contributed by atoms with Gasteiger partial charge >= 0.3 is 12.1 Å². The Kier molecular flexibility index (Phi) is 4.84. The predicted molar refractivity (Wildman–Crippen MR) is 84.3 cm³/mol. The van der Waals surface area contributed by atoms with E-state index in [1.165, 1.54) is 12.1 Å². The number of benzene rings is 1. The topological polar surface area (TPSA) is 40.5 Å². The zero-order valence-corrected chi connectivity index (χ0v) is 14.7. The molecule has 0 aliphatic carbocycles. The number of likely N-dealkylation sites (tertiary alicyclic amines) is 1. The summed E-state index contributed by atoms with van der Waals surface area (Å²) in [6, 6.07) is 3.94. The van der Waals surface area contributed by atoms with Crippen LogP contribution in [0.1, 0.15) is 37.8 Å². The normalized spacial score (nSPS) is 23.3. The molecule has 1 aromatic carbocycles. The van der Waals surface area contributed by atoms with Crippen molar-refractivity contribution < 1.29 is 23.1 Å². The van der Waals surface area contributed by atoms with Crippen molar-refractivity contribution in [2.45, 2.75) is 38.4 Å². The zero-order valence-electron chi connectivity index (χ0n) is 13.1. The minimum absolute atomic E-state index is 0.0554. The molecule has 0 saturated carbocycles. The summed E-state index contributed by atoms with van der Waals surface area (Å²) in [5, 5.41) is 9.46. The van der Waals surface area contributed by atoms with Gasteiger partial charge in [0.15, 0.2) is 0 Å². The van der Waals surface area contributed by atoms with Crippen molar-refractivity contribution in [1.29, 1.82) is 0 Å². The van der Waals surface area contributed by atoms with Crippen molar-refractivity contribution in [3.63, 3.8) is 0 Å². The molecule has 128 valence electrons. The van der Waals surface area contributed by atoms with Gasteiger partial charge in [-0.15, -0.1) is 0 Å². The summed E-state index contributed by atoms with van der Waals surface area (Å²) < 4.78 is 40.4. The van der Waals surface area contributed by atoms with E-state index in [2.05, 4.69) is 15.9 Å². The molecule has 0 bridgehead atoms. The molecule has 0 radical (unpaired) electrons. The first kappa shape index (κ1) is 18.3. The molecule has 1 saturated heterocycles. The second-order valence-corrected chi connectivity index (χ2v) is 7.77. The molecule has 0 aromatic heterocycles. The van der Waals surface area contributed by atoms with Crippen LogP contribution in [0.25, 0.3) is 0 Å². The van der Waals surface area contributed by atoms with Crippen molar-refractivity contribution in [3.8, 4) is 0 Å². The van der Waals surface area contributed by atoms with E-state index in [9.17, 15) is 23.1 Å². The number of nitrogens with zero attached hydrogens (tertiary/aromatic N) is 1. The summed E-state index contributed by atoms with van der Waals surface area (Å²) in [6.45, 7) is 6.34. The molecule has 1 aromatic rings. The van der Waals surface area contributed by atoms with Crippen LogP contribution in [0, 0.1) is 5.92 Å². The monoisotopic (exact) mass is 393 g/mol. The molecular weight excluding hydrogens is 375 g/mol. The summed E-state index contributed by atoms with van der Waals surface area (Å²) in [7, 11) is 0. The fourth-order valence-corrected chi connectivity index (χ4v) is 3.38. The van der Waals surface area contributed by atoms with Crippen molar-refractivity contribution in [2.75, 3.05) is 13.1 Å². The maximum Gasteiger partial charge on any atom is 0.416 e. The lowest BCUT2D eigenvalue weighted by atomic mass is 9.86. The van der Waals surface area contributed by atoms with Crippen LogP contribution >= 0.6 is 15.9 Å². The van der Waals surface area contributed by atoms with Crippen LogP contribution in [-0.2, 0) is 11.0 Å². The molecule has 1 aliphatic heterocycles. The maximum absolute atomic E-state index is 13.4. The summed E-state index contributed by atoms with van der Waals surface area (Å²) in [4.78, 5) is 13.5. The van der Waals surface area contributed by atoms with Gasteiger partial charge in [-0.2, -0.15) is 13.2 Å². The summed E-state index contributed by atoms with van der Waals surface area (Å²) in [5.41, 5.74) is -1.00. The Morgan fingerprint density at radius 3 is 2.35 bits per heavy atom. The molecule has 1 fully saturated rings. The Morgan fingerprint density at radius 2 is 1.87 bits per heavy atom. The molecular formula is C16H19BrF3NO2. The molecule has 23 heavy (non-hydrogen) atoms. The Balaban J connectivity index is 2.49. The van der Waals surface area contributed by atoms with Crippen molar-refractivity contribution >= 4 is 21.9 Å². The molecule has 0 spiro atoms. The highest BCUT2D eigenvalue weighted by Crippen LogP contribution is 2.43. The smallest absolute Gasteiger partial charge is 0.416 e. The second-order valence-electron chi connectivity index (χ2n) is 6.86. The van der Waals surface area contributed by atoms with E-state index in [4.69, 9.17) is 0 Å². The summed E-state index contributed by atoms with van der Waals surface area (Å²) >= 11 is 3.06. The largest absolute Gasteiger partial charge is 0.481 e. The molecule has 2 rings (SSSR count). The van der Waals surface area contributed by atoms with E-state index in [1.807, 2.05) is 25.7 Å². The standard InChI is InChI=1S/C16H19BrF3NO2/c1-15(2,3)21-7-11(12(8-21)14(22)23)10-5-4-9(17)6-13(10)16(18,19)20/h4-6,11-12H,7-8H2,1-3H3,(H,22,23)/t11-,12+/m1/s1. The van der Waals surface area contributed by atoms with Crippen molar-refractivity contribution in [3.05, 3.63) is 33.8 Å². The highest BCUT2D eigenvalue weighted by atomic mass is 79.9. The number of hydrogen-bond acceptors (Lipinski definition) is 2. The van der Waals surface area contributed by atoms with E-state index < -0.39 is 29.5 Å². The lowest BCUT2D eigenvalue weighted by Gasteiger charge is -2.31. The van der Waals surface area contributed by atoms with Gasteiger partial charge < -0.3 is 5.11 Å². The third-order valence-electron chi connectivity index (χ3n) is 4.31. The lowest BCUT2D eigenvalue weighted by molar-refractivity contribution is -0.143. The highest BCUT2D eigenvalue weighted by Gasteiger charge is 2.45. The number of aliphatic carboxylic acids is 1. The Hall–Kier alpha value is -1.08. The Bertz CT molecular complexity index is 610. The van der Waals surface area contributed by atoms with Crippen molar-refractivity contribution in [1.82, 2.24) is 4.90 Å². The number of carboxylic acid groups (broad SMARTS) is 1. The minimum Gasteiger partial charge on any atom is -0.481 e. The molecule has 1 heterocycles. The first-order valence-corrected chi connectivity index (χ1v) is 8.05. The molecule has 0 amide bonds. The van der Waals surface area contributed by atoms with Crippen LogP contribution in [0.5, 0.6) is 0 Å². The third-order valence-corrected chi connectivity index (χ3v) is 4.80. The molecule has 7 heteroatoms. The van der Waals surface area contributed by atoms with Gasteiger partial charge in [-0.05, 0) is 38.5 Å². The maximum atomic E-state index is 13.4. The Labute approximate surface area is 141 Å². The van der Waals surface area contributed by atoms with Crippen LogP contribution in [-0.4, -0.2) is 34.6 Å². The van der Waals surface area contributed by atoms with Gasteiger partial charge in [0.1, 0.15) is 0 Å². The number of carbonyl (C=O) groups is 1. The minimum atomic E-state index is -4.52. The number of rotatable bonds is 2. The molecule has 2 atom stereocenters. The average molecular weight is 394 g/mol. The van der Waals surface area contributed by atoms with Gasteiger partial charge in [-0.25, -0.2) is 0 Å². The number of carboxylic acids is 1. The molecule has 0 unspecified atom stereocenters. The van der Waals surface area contributed by atoms with Crippen LogP contribution in [0.2, 0.25) is 0 Å². The average Bonchev–Trinajstić information content (AvgIpc) is 2.82. The molecule has 1 N–H and O–H groups in total. The van der Waals surface area contributed by atoms with Gasteiger partial charge in [0.05, 0.1) is 11.5 Å². The fourth-order valence-electron chi connectivity index (χ4n) is 3.01. The van der Waals surface area contributed by atoms with Gasteiger partial charge in [0, 0.05) is 29.0 Å². The van der Waals surface area contributed by atoms with Gasteiger partial charge in [-0.1, -0.05) is 22.0 Å². The van der Waals surface area contributed by atoms with E-state index in [-0.39, 0.29) is 17.6 Å². The zero-order chi connectivity index (χ0) is 17.6. The highest BCUT2D eigenvalue weighted by molar-refractivity contribution is 9.10. The third kappa shape index (κ3) is 3.88. The predicted octanol–water partition coefficient (Wildman–Crippen LogP) is 4.37. The van der Waals surface area contributed by atoms with E-state index in [1.54, 1.807) is 0 Å². The fraction of sp³-hybridized carbons (Fsp3) is 0.562. The summed E-state index contributed by atoms with van der Waals surface area (Å²) in [5.74, 6) is -2.59. The van der Waals surface area contributed by atoms with Crippen LogP contribution in [0.4, 0.5) is 13.2 Å². The van der Waals surface area contributed by atoms with E-state index in [0.717, 1.165) is 6.07 Å². The molecule has 1 aliphatic rings. The number of hydrogen-bond donors (Lipinski definition) is 1. The SMILES string of the molecule is CC(C)(C)N1C[C@H](C(=O)O)[C@@H](c2ccc(Br)cc2C(F)(F)F)C1. The Morgan fingerprint density at radius 1 is 1.26 bits per heavy atom. The van der Waals surface area contributed by atoms with Crippen LogP contribution < -0.4 is 0 Å². The number of alkyl halides is 3. The lowest BCUT2D eigenvalue weighted by Crippen LogP contribution is -2.40. The van der Waals surface area contributed by atoms with Crippen LogP contribution in [0.15, 0.2) is 22.7 Å². The summed E-state index contributed by atoms with van der Waals surface area (Å²) in [6.07, 6.45) is -4.52. The second kappa shape index (κ2) is 6.09. The van der Waals surface area contributed by atoms with Gasteiger partial charge in [0.2, 0.25) is 0 Å². The van der Waals surface area contributed by atoms with Gasteiger partial charge in [-0.3, -0.25) is 9.69 Å². The first-order chi connectivity index (χ1) is 10.4. The van der Waals surface area contributed by atoms with Crippen molar-refractivity contribution in [2.24, 2.45) is 5.92 Å². The van der Waals surface area contributed by atoms with Gasteiger partial charge in [0.25, 0.3) is 0 Å². The van der Waals surface area contributed by atoms with E-state index >= 15 is 0 Å².